The van der Waals surface area contributed by atoms with Crippen molar-refractivity contribution >= 4 is 9.84 Å². The summed E-state index contributed by atoms with van der Waals surface area (Å²) in [6, 6.07) is 19.6. The van der Waals surface area contributed by atoms with Gasteiger partial charge in [-0.05, 0) is 40.5 Å². The lowest BCUT2D eigenvalue weighted by Gasteiger charge is -2.21. The largest absolute Gasteiger partial charge is 0.218 e. The number of rotatable bonds is 0. The second-order valence-electron chi connectivity index (χ2n) is 7.06. The van der Waals surface area contributed by atoms with Crippen molar-refractivity contribution in [2.45, 2.75) is 29.1 Å². The molecule has 1 heterocycles. The molecular formula is C21H16O2S. The number of benzene rings is 3. The molecule has 0 saturated heterocycles. The zero-order valence-corrected chi connectivity index (χ0v) is 14.3. The Labute approximate surface area is 141 Å². The molecule has 3 heteroatoms. The molecule has 3 aromatic rings. The van der Waals surface area contributed by atoms with E-state index in [4.69, 9.17) is 0 Å². The molecule has 1 aliphatic carbocycles. The molecule has 0 radical (unpaired) electrons. The van der Waals surface area contributed by atoms with Gasteiger partial charge in [-0.2, -0.15) is 0 Å². The first kappa shape index (κ1) is 14.0. The predicted molar refractivity (Wildman–Crippen MR) is 94.9 cm³/mol. The summed E-state index contributed by atoms with van der Waals surface area (Å²) >= 11 is 0. The van der Waals surface area contributed by atoms with Crippen LogP contribution < -0.4 is 0 Å². The van der Waals surface area contributed by atoms with Gasteiger partial charge in [0.2, 0.25) is 9.84 Å². The third-order valence-electron chi connectivity index (χ3n) is 5.44. The van der Waals surface area contributed by atoms with Crippen molar-refractivity contribution in [2.24, 2.45) is 0 Å². The summed E-state index contributed by atoms with van der Waals surface area (Å²) in [4.78, 5) is 0.865. The first-order chi connectivity index (χ1) is 11.4. The second-order valence-corrected chi connectivity index (χ2v) is 8.95. The highest BCUT2D eigenvalue weighted by molar-refractivity contribution is 7.92. The number of hydrogen-bond donors (Lipinski definition) is 0. The predicted octanol–water partition coefficient (Wildman–Crippen LogP) is 4.81. The van der Waals surface area contributed by atoms with Crippen LogP contribution in [-0.4, -0.2) is 8.42 Å². The number of hydrogen-bond acceptors (Lipinski definition) is 2. The van der Waals surface area contributed by atoms with E-state index in [1.165, 1.54) is 11.1 Å². The van der Waals surface area contributed by atoms with E-state index in [9.17, 15) is 8.42 Å². The average molecular weight is 332 g/mol. The maximum absolute atomic E-state index is 12.9. The minimum Gasteiger partial charge on any atom is -0.218 e. The van der Waals surface area contributed by atoms with Gasteiger partial charge in [-0.15, -0.1) is 0 Å². The maximum atomic E-state index is 12.9. The topological polar surface area (TPSA) is 34.1 Å². The molecule has 0 unspecified atom stereocenters. The summed E-state index contributed by atoms with van der Waals surface area (Å²) in [5.41, 5.74) is 6.19. The van der Waals surface area contributed by atoms with Gasteiger partial charge < -0.3 is 0 Å². The summed E-state index contributed by atoms with van der Waals surface area (Å²) < 4.78 is 25.9. The fourth-order valence-electron chi connectivity index (χ4n) is 4.20. The van der Waals surface area contributed by atoms with E-state index in [1.807, 2.05) is 30.3 Å². The average Bonchev–Trinajstić information content (AvgIpc) is 2.95. The highest BCUT2D eigenvalue weighted by Crippen LogP contribution is 2.53. The van der Waals surface area contributed by atoms with Crippen LogP contribution in [0.5, 0.6) is 0 Å². The van der Waals surface area contributed by atoms with Gasteiger partial charge in [0.05, 0.1) is 9.79 Å². The van der Waals surface area contributed by atoms with E-state index in [0.29, 0.717) is 9.79 Å². The monoisotopic (exact) mass is 332 g/mol. The Hall–Kier alpha value is -2.39. The molecule has 3 aromatic carbocycles. The van der Waals surface area contributed by atoms with Crippen molar-refractivity contribution in [3.8, 4) is 22.3 Å². The normalized spacial score (nSPS) is 17.8. The maximum Gasteiger partial charge on any atom is 0.207 e. The van der Waals surface area contributed by atoms with Crippen molar-refractivity contribution in [1.82, 2.24) is 0 Å². The van der Waals surface area contributed by atoms with Crippen molar-refractivity contribution in [3.05, 3.63) is 71.8 Å². The van der Waals surface area contributed by atoms with Crippen LogP contribution in [0, 0.1) is 0 Å². The Bertz CT molecular complexity index is 1140. The van der Waals surface area contributed by atoms with Gasteiger partial charge in [0.1, 0.15) is 0 Å². The Morgan fingerprint density at radius 1 is 0.667 bits per heavy atom. The van der Waals surface area contributed by atoms with E-state index in [1.54, 1.807) is 12.1 Å². The Balaban J connectivity index is 1.91. The summed E-state index contributed by atoms with van der Waals surface area (Å²) in [5.74, 6) is 0. The van der Waals surface area contributed by atoms with E-state index >= 15 is 0 Å². The quantitative estimate of drug-likeness (QED) is 0.463. The van der Waals surface area contributed by atoms with Crippen molar-refractivity contribution in [2.75, 3.05) is 0 Å². The molecule has 0 aromatic heterocycles. The molecule has 0 N–H and O–H groups in total. The van der Waals surface area contributed by atoms with Crippen molar-refractivity contribution < 1.29 is 8.42 Å². The van der Waals surface area contributed by atoms with Crippen LogP contribution in [0.15, 0.2) is 70.5 Å². The standard InChI is InChI=1S/C21H16O2S/c1-21(2)17-9-5-3-7-13(17)15-12-20-16(11-18(15)21)14-8-4-6-10-19(14)24(20,22)23/h3-12H,1-2H3. The van der Waals surface area contributed by atoms with Gasteiger partial charge in [0, 0.05) is 16.5 Å². The molecule has 0 amide bonds. The van der Waals surface area contributed by atoms with Crippen LogP contribution in [0.25, 0.3) is 22.3 Å². The van der Waals surface area contributed by atoms with Crippen LogP contribution in [0.1, 0.15) is 25.0 Å². The van der Waals surface area contributed by atoms with Crippen molar-refractivity contribution in [1.29, 1.82) is 0 Å². The Morgan fingerprint density at radius 2 is 1.33 bits per heavy atom. The summed E-state index contributed by atoms with van der Waals surface area (Å²) in [7, 11) is -3.43. The first-order valence-corrected chi connectivity index (χ1v) is 9.53. The highest BCUT2D eigenvalue weighted by atomic mass is 32.2. The number of fused-ring (bicyclic) bond motifs is 6. The third kappa shape index (κ3) is 1.49. The van der Waals surface area contributed by atoms with Crippen LogP contribution in [0.4, 0.5) is 0 Å². The molecule has 0 saturated carbocycles. The van der Waals surface area contributed by atoms with Gasteiger partial charge in [0.25, 0.3) is 0 Å². The van der Waals surface area contributed by atoms with E-state index in [-0.39, 0.29) is 5.41 Å². The van der Waals surface area contributed by atoms with E-state index < -0.39 is 9.84 Å². The Kier molecular flexibility index (Phi) is 2.43. The third-order valence-corrected chi connectivity index (χ3v) is 7.29. The van der Waals surface area contributed by atoms with E-state index in [2.05, 4.69) is 32.0 Å². The molecular weight excluding hydrogens is 316 g/mol. The number of sulfone groups is 1. The lowest BCUT2D eigenvalue weighted by atomic mass is 9.81. The fourth-order valence-corrected chi connectivity index (χ4v) is 5.90. The first-order valence-electron chi connectivity index (χ1n) is 8.05. The van der Waals surface area contributed by atoms with E-state index in [0.717, 1.165) is 22.3 Å². The molecule has 5 rings (SSSR count). The Morgan fingerprint density at radius 3 is 2.12 bits per heavy atom. The van der Waals surface area contributed by atoms with Gasteiger partial charge in [-0.1, -0.05) is 56.3 Å². The van der Waals surface area contributed by atoms with Crippen LogP contribution in [0.2, 0.25) is 0 Å². The molecule has 0 atom stereocenters. The van der Waals surface area contributed by atoms with Crippen LogP contribution in [-0.2, 0) is 15.3 Å². The van der Waals surface area contributed by atoms with Gasteiger partial charge in [-0.25, -0.2) is 8.42 Å². The highest BCUT2D eigenvalue weighted by Gasteiger charge is 2.40. The molecule has 0 spiro atoms. The van der Waals surface area contributed by atoms with Gasteiger partial charge in [-0.3, -0.25) is 0 Å². The summed E-state index contributed by atoms with van der Waals surface area (Å²) in [5, 5.41) is 0. The minimum absolute atomic E-state index is 0.123. The van der Waals surface area contributed by atoms with Gasteiger partial charge in [0.15, 0.2) is 0 Å². The molecule has 24 heavy (non-hydrogen) atoms. The zero-order chi connectivity index (χ0) is 16.7. The zero-order valence-electron chi connectivity index (χ0n) is 13.5. The molecule has 0 fully saturated rings. The van der Waals surface area contributed by atoms with Gasteiger partial charge >= 0.3 is 0 Å². The molecule has 2 nitrogen and oxygen atoms in total. The minimum atomic E-state index is -3.43. The molecule has 118 valence electrons. The smallest absolute Gasteiger partial charge is 0.207 e. The molecule has 1 aliphatic heterocycles. The van der Waals surface area contributed by atoms with Crippen LogP contribution >= 0.6 is 0 Å². The fraction of sp³-hybridized carbons (Fsp3) is 0.143. The second kappa shape index (κ2) is 4.17. The SMILES string of the molecule is CC1(C)c2ccccc2-c2cc3c(cc21)-c1ccccc1S3(=O)=O. The lowest BCUT2D eigenvalue weighted by Crippen LogP contribution is -2.15. The molecule has 0 bridgehead atoms. The molecule has 2 aliphatic rings. The summed E-state index contributed by atoms with van der Waals surface area (Å²) in [6.07, 6.45) is 0. The lowest BCUT2D eigenvalue weighted by molar-refractivity contribution is 0.598. The summed E-state index contributed by atoms with van der Waals surface area (Å²) in [6.45, 7) is 4.42. The van der Waals surface area contributed by atoms with Crippen molar-refractivity contribution in [3.63, 3.8) is 0 Å². The van der Waals surface area contributed by atoms with Crippen LogP contribution in [0.3, 0.4) is 0 Å².